The van der Waals surface area contributed by atoms with Gasteiger partial charge in [0.1, 0.15) is 0 Å². The Labute approximate surface area is 119 Å². The second kappa shape index (κ2) is 6.05. The van der Waals surface area contributed by atoms with E-state index in [1.807, 2.05) is 51.1 Å². The lowest BCUT2D eigenvalue weighted by Crippen LogP contribution is -2.61. The Kier molecular flexibility index (Phi) is 4.39. The third-order valence-corrected chi connectivity index (χ3v) is 3.43. The maximum Gasteiger partial charge on any atom is 0.325 e. The van der Waals surface area contributed by atoms with Crippen molar-refractivity contribution < 1.29 is 9.59 Å². The standard InChI is InChI=1S/C15H21N3O2/c1-10(2)18-14(19)9-13(17-15(18)20)16-11(3)12-7-5-4-6-8-12/h4-8,10-11,13,16H,9H2,1-3H3,(H,17,20)/t11-,13?/m1/s1. The number of nitrogens with zero attached hydrogens (tertiary/aromatic N) is 1. The molecule has 108 valence electrons. The van der Waals surface area contributed by atoms with Gasteiger partial charge in [-0.15, -0.1) is 0 Å². The van der Waals surface area contributed by atoms with Crippen molar-refractivity contribution in [2.45, 2.75) is 45.4 Å². The summed E-state index contributed by atoms with van der Waals surface area (Å²) < 4.78 is 0. The Morgan fingerprint density at radius 1 is 1.20 bits per heavy atom. The number of carbonyl (C=O) groups is 2. The lowest BCUT2D eigenvalue weighted by molar-refractivity contribution is -0.131. The first-order valence-corrected chi connectivity index (χ1v) is 6.92. The van der Waals surface area contributed by atoms with Crippen LogP contribution in [0.25, 0.3) is 0 Å². The minimum absolute atomic E-state index is 0.0694. The number of urea groups is 1. The quantitative estimate of drug-likeness (QED) is 0.883. The Morgan fingerprint density at radius 3 is 2.40 bits per heavy atom. The molecule has 0 radical (unpaired) electrons. The highest BCUT2D eigenvalue weighted by atomic mass is 16.2. The summed E-state index contributed by atoms with van der Waals surface area (Å²) in [6.45, 7) is 5.68. The number of hydrogen-bond donors (Lipinski definition) is 2. The van der Waals surface area contributed by atoms with Crippen LogP contribution in [0.3, 0.4) is 0 Å². The molecular weight excluding hydrogens is 254 g/mol. The highest BCUT2D eigenvalue weighted by Gasteiger charge is 2.33. The van der Waals surface area contributed by atoms with Crippen LogP contribution in [-0.2, 0) is 4.79 Å². The molecule has 0 aromatic heterocycles. The van der Waals surface area contributed by atoms with Crippen LogP contribution in [0.15, 0.2) is 30.3 Å². The maximum atomic E-state index is 12.0. The average molecular weight is 275 g/mol. The zero-order chi connectivity index (χ0) is 14.7. The molecule has 1 aliphatic heterocycles. The summed E-state index contributed by atoms with van der Waals surface area (Å²) in [5.74, 6) is -0.137. The Morgan fingerprint density at radius 2 is 1.85 bits per heavy atom. The van der Waals surface area contributed by atoms with Gasteiger partial charge in [-0.2, -0.15) is 0 Å². The van der Waals surface area contributed by atoms with Crippen molar-refractivity contribution in [3.63, 3.8) is 0 Å². The zero-order valence-electron chi connectivity index (χ0n) is 12.1. The second-order valence-corrected chi connectivity index (χ2v) is 5.36. The normalized spacial score (nSPS) is 21.0. The average Bonchev–Trinajstić information content (AvgIpc) is 2.38. The van der Waals surface area contributed by atoms with Gasteiger partial charge in [-0.25, -0.2) is 4.79 Å². The first-order chi connectivity index (χ1) is 9.49. The molecule has 1 unspecified atom stereocenters. The number of benzene rings is 1. The first-order valence-electron chi connectivity index (χ1n) is 6.92. The van der Waals surface area contributed by atoms with Crippen molar-refractivity contribution in [1.29, 1.82) is 0 Å². The van der Waals surface area contributed by atoms with Crippen LogP contribution in [0.1, 0.15) is 38.8 Å². The fourth-order valence-corrected chi connectivity index (χ4v) is 2.42. The van der Waals surface area contributed by atoms with E-state index in [1.54, 1.807) is 0 Å². The van der Waals surface area contributed by atoms with Gasteiger partial charge in [0.2, 0.25) is 5.91 Å². The largest absolute Gasteiger partial charge is 0.325 e. The Hall–Kier alpha value is -1.88. The minimum Gasteiger partial charge on any atom is -0.322 e. The second-order valence-electron chi connectivity index (χ2n) is 5.36. The van der Waals surface area contributed by atoms with Crippen molar-refractivity contribution in [2.75, 3.05) is 0 Å². The van der Waals surface area contributed by atoms with Crippen molar-refractivity contribution in [3.8, 4) is 0 Å². The summed E-state index contributed by atoms with van der Waals surface area (Å²) in [4.78, 5) is 25.2. The van der Waals surface area contributed by atoms with E-state index in [-0.39, 0.29) is 36.6 Å². The lowest BCUT2D eigenvalue weighted by Gasteiger charge is -2.35. The smallest absolute Gasteiger partial charge is 0.322 e. The van der Waals surface area contributed by atoms with E-state index in [0.717, 1.165) is 5.56 Å². The summed E-state index contributed by atoms with van der Waals surface area (Å²) in [5.41, 5.74) is 1.13. The van der Waals surface area contributed by atoms with Gasteiger partial charge in [-0.05, 0) is 26.3 Å². The molecule has 3 amide bonds. The summed E-state index contributed by atoms with van der Waals surface area (Å²) in [7, 11) is 0. The van der Waals surface area contributed by atoms with Crippen molar-refractivity contribution in [3.05, 3.63) is 35.9 Å². The lowest BCUT2D eigenvalue weighted by atomic mass is 10.1. The Balaban J connectivity index is 1.99. The molecule has 2 N–H and O–H groups in total. The third-order valence-electron chi connectivity index (χ3n) is 3.43. The van der Waals surface area contributed by atoms with Crippen LogP contribution >= 0.6 is 0 Å². The van der Waals surface area contributed by atoms with Crippen LogP contribution in [0, 0.1) is 0 Å². The number of rotatable bonds is 4. The van der Waals surface area contributed by atoms with E-state index in [9.17, 15) is 9.59 Å². The third kappa shape index (κ3) is 3.17. The summed E-state index contributed by atoms with van der Waals surface area (Å²) >= 11 is 0. The van der Waals surface area contributed by atoms with Crippen LogP contribution in [0.4, 0.5) is 4.79 Å². The molecule has 5 nitrogen and oxygen atoms in total. The highest BCUT2D eigenvalue weighted by molar-refractivity contribution is 5.97. The molecule has 1 aliphatic rings. The summed E-state index contributed by atoms with van der Waals surface area (Å²) in [6, 6.07) is 9.57. The van der Waals surface area contributed by atoms with E-state index in [0.29, 0.717) is 0 Å². The van der Waals surface area contributed by atoms with Gasteiger partial charge in [0.15, 0.2) is 0 Å². The van der Waals surface area contributed by atoms with Crippen molar-refractivity contribution >= 4 is 11.9 Å². The van der Waals surface area contributed by atoms with Gasteiger partial charge in [0, 0.05) is 12.1 Å². The number of carbonyl (C=O) groups excluding carboxylic acids is 2. The SMILES string of the molecule is CC(C)N1C(=O)CC(N[C@H](C)c2ccccc2)NC1=O. The summed E-state index contributed by atoms with van der Waals surface area (Å²) in [6.07, 6.45) is -0.0404. The molecule has 1 heterocycles. The molecule has 0 saturated carbocycles. The molecule has 1 saturated heterocycles. The topological polar surface area (TPSA) is 61.4 Å². The number of amides is 3. The zero-order valence-corrected chi connectivity index (χ0v) is 12.1. The van der Waals surface area contributed by atoms with E-state index < -0.39 is 0 Å². The van der Waals surface area contributed by atoms with Crippen LogP contribution in [0.2, 0.25) is 0 Å². The molecule has 0 bridgehead atoms. The van der Waals surface area contributed by atoms with E-state index in [4.69, 9.17) is 0 Å². The van der Waals surface area contributed by atoms with E-state index >= 15 is 0 Å². The molecule has 0 spiro atoms. The molecule has 0 aliphatic carbocycles. The molecule has 1 aromatic carbocycles. The predicted molar refractivity (Wildman–Crippen MR) is 76.9 cm³/mol. The molecule has 5 heteroatoms. The van der Waals surface area contributed by atoms with Gasteiger partial charge in [0.05, 0.1) is 12.6 Å². The number of hydrogen-bond acceptors (Lipinski definition) is 3. The minimum atomic E-state index is -0.325. The van der Waals surface area contributed by atoms with Crippen molar-refractivity contribution in [1.82, 2.24) is 15.5 Å². The van der Waals surface area contributed by atoms with Gasteiger partial charge < -0.3 is 5.32 Å². The Bertz CT molecular complexity index is 469. The molecular formula is C15H21N3O2. The van der Waals surface area contributed by atoms with E-state index in [2.05, 4.69) is 10.6 Å². The monoisotopic (exact) mass is 275 g/mol. The van der Waals surface area contributed by atoms with Gasteiger partial charge in [0.25, 0.3) is 0 Å². The molecule has 1 fully saturated rings. The maximum absolute atomic E-state index is 12.0. The first kappa shape index (κ1) is 14.5. The van der Waals surface area contributed by atoms with Gasteiger partial charge in [-0.3, -0.25) is 15.0 Å². The predicted octanol–water partition coefficient (Wildman–Crippen LogP) is 2.01. The van der Waals surface area contributed by atoms with Gasteiger partial charge >= 0.3 is 6.03 Å². The van der Waals surface area contributed by atoms with E-state index in [1.165, 1.54) is 4.90 Å². The number of imide groups is 1. The molecule has 1 aromatic rings. The summed E-state index contributed by atoms with van der Waals surface area (Å²) in [5, 5.41) is 6.11. The molecule has 20 heavy (non-hydrogen) atoms. The van der Waals surface area contributed by atoms with Crippen LogP contribution in [0.5, 0.6) is 0 Å². The van der Waals surface area contributed by atoms with Crippen LogP contribution in [-0.4, -0.2) is 29.0 Å². The highest BCUT2D eigenvalue weighted by Crippen LogP contribution is 2.15. The van der Waals surface area contributed by atoms with Crippen LogP contribution < -0.4 is 10.6 Å². The van der Waals surface area contributed by atoms with Crippen molar-refractivity contribution in [2.24, 2.45) is 0 Å². The molecule has 2 rings (SSSR count). The fourth-order valence-electron chi connectivity index (χ4n) is 2.42. The molecule has 2 atom stereocenters. The van der Waals surface area contributed by atoms with Gasteiger partial charge in [-0.1, -0.05) is 30.3 Å². The number of nitrogens with one attached hydrogen (secondary N) is 2. The fraction of sp³-hybridized carbons (Fsp3) is 0.467.